The number of benzene rings is 3. The molecule has 3 nitrogen and oxygen atoms in total. The number of aryl methyl sites for hydroxylation is 1. The lowest BCUT2D eigenvalue weighted by Gasteiger charge is -2.46. The monoisotopic (exact) mass is 385 g/mol. The summed E-state index contributed by atoms with van der Waals surface area (Å²) < 4.78 is 11.2. The van der Waals surface area contributed by atoms with Crippen LogP contribution in [0.15, 0.2) is 66.7 Å². The Bertz CT molecular complexity index is 1010. The Labute approximate surface area is 172 Å². The number of rotatable bonds is 4. The highest BCUT2D eigenvalue weighted by atomic mass is 16.5. The van der Waals surface area contributed by atoms with Crippen LogP contribution in [-0.4, -0.2) is 25.2 Å². The van der Waals surface area contributed by atoms with Crippen molar-refractivity contribution in [2.75, 3.05) is 14.2 Å². The van der Waals surface area contributed by atoms with Crippen LogP contribution in [0.1, 0.15) is 40.2 Å². The number of hydrogen-bond donors (Lipinski definition) is 0. The minimum atomic E-state index is 0.368. The summed E-state index contributed by atoms with van der Waals surface area (Å²) in [4.78, 5) is 2.67. The van der Waals surface area contributed by atoms with Crippen molar-refractivity contribution >= 4 is 0 Å². The zero-order chi connectivity index (χ0) is 19.8. The maximum atomic E-state index is 5.65. The van der Waals surface area contributed by atoms with Crippen molar-refractivity contribution in [3.05, 3.63) is 94.5 Å². The summed E-state index contributed by atoms with van der Waals surface area (Å²) in [6.45, 7) is 1.99. The van der Waals surface area contributed by atoms with Gasteiger partial charge in [-0.15, -0.1) is 0 Å². The molecule has 3 aromatic rings. The third kappa shape index (κ3) is 3.20. The summed E-state index contributed by atoms with van der Waals surface area (Å²) in [6, 6.07) is 24.7. The smallest absolute Gasteiger partial charge is 0.161 e. The van der Waals surface area contributed by atoms with Gasteiger partial charge in [-0.3, -0.25) is 4.90 Å². The highest BCUT2D eigenvalue weighted by molar-refractivity contribution is 5.54. The summed E-state index contributed by atoms with van der Waals surface area (Å²) in [5.74, 6) is 2.02. The molecular formula is C26H27NO2. The van der Waals surface area contributed by atoms with Crippen LogP contribution in [0.4, 0.5) is 0 Å². The fourth-order valence-electron chi connectivity index (χ4n) is 5.20. The van der Waals surface area contributed by atoms with Gasteiger partial charge in [-0.1, -0.05) is 54.6 Å². The second kappa shape index (κ2) is 7.57. The third-order valence-electron chi connectivity index (χ3n) is 6.54. The van der Waals surface area contributed by atoms with Gasteiger partial charge in [0, 0.05) is 25.0 Å². The first-order valence-electron chi connectivity index (χ1n) is 10.4. The first-order valence-corrected chi connectivity index (χ1v) is 10.4. The molecule has 1 aliphatic heterocycles. The van der Waals surface area contributed by atoms with Gasteiger partial charge in [0.25, 0.3) is 0 Å². The van der Waals surface area contributed by atoms with E-state index in [1.54, 1.807) is 14.2 Å². The van der Waals surface area contributed by atoms with E-state index < -0.39 is 0 Å². The number of hydrogen-bond acceptors (Lipinski definition) is 3. The van der Waals surface area contributed by atoms with Crippen molar-refractivity contribution in [3.63, 3.8) is 0 Å². The predicted octanol–water partition coefficient (Wildman–Crippen LogP) is 5.17. The Kier molecular flexibility index (Phi) is 4.76. The van der Waals surface area contributed by atoms with Gasteiger partial charge in [0.1, 0.15) is 0 Å². The number of methoxy groups -OCH3 is 2. The molecule has 0 bridgehead atoms. The molecule has 148 valence electrons. The maximum absolute atomic E-state index is 5.65. The molecule has 3 heteroatoms. The molecule has 0 aromatic heterocycles. The highest BCUT2D eigenvalue weighted by Crippen LogP contribution is 2.47. The third-order valence-corrected chi connectivity index (χ3v) is 6.54. The van der Waals surface area contributed by atoms with Gasteiger partial charge in [-0.05, 0) is 52.8 Å². The normalized spacial score (nSPS) is 20.3. The lowest BCUT2D eigenvalue weighted by molar-refractivity contribution is 0.132. The quantitative estimate of drug-likeness (QED) is 0.619. The zero-order valence-electron chi connectivity index (χ0n) is 17.1. The van der Waals surface area contributed by atoms with E-state index in [0.29, 0.717) is 12.0 Å². The van der Waals surface area contributed by atoms with E-state index in [9.17, 15) is 0 Å². The SMILES string of the molecule is COc1cc2c(cc1OC)C1c3ccccc3CN(Cc3ccccc3)C1CC2. The molecule has 2 unspecified atom stereocenters. The Hall–Kier alpha value is -2.78. The summed E-state index contributed by atoms with van der Waals surface area (Å²) in [7, 11) is 3.44. The molecule has 0 radical (unpaired) electrons. The van der Waals surface area contributed by atoms with Gasteiger partial charge in [0.2, 0.25) is 0 Å². The molecule has 0 spiro atoms. The number of fused-ring (bicyclic) bond motifs is 5. The highest BCUT2D eigenvalue weighted by Gasteiger charge is 2.39. The first kappa shape index (κ1) is 18.3. The summed E-state index contributed by atoms with van der Waals surface area (Å²) in [5, 5.41) is 0. The van der Waals surface area contributed by atoms with Gasteiger partial charge < -0.3 is 9.47 Å². The minimum absolute atomic E-state index is 0.368. The van der Waals surface area contributed by atoms with Gasteiger partial charge in [0.15, 0.2) is 11.5 Å². The standard InChI is InChI=1S/C26H27NO2/c1-28-24-14-19-12-13-23-26(22(19)15-25(24)29-2)21-11-7-6-10-20(21)17-27(23)16-18-8-4-3-5-9-18/h3-11,14-15,23,26H,12-13,16-17H2,1-2H3. The van der Waals surface area contributed by atoms with Crippen LogP contribution in [0.3, 0.4) is 0 Å². The van der Waals surface area contributed by atoms with Crippen molar-refractivity contribution in [2.45, 2.75) is 37.9 Å². The molecular weight excluding hydrogens is 358 g/mol. The molecule has 5 rings (SSSR count). The van der Waals surface area contributed by atoms with Crippen LogP contribution < -0.4 is 9.47 Å². The largest absolute Gasteiger partial charge is 0.493 e. The average Bonchev–Trinajstić information content (AvgIpc) is 2.78. The predicted molar refractivity (Wildman–Crippen MR) is 116 cm³/mol. The van der Waals surface area contributed by atoms with Crippen LogP contribution in [0, 0.1) is 0 Å². The number of ether oxygens (including phenoxy) is 2. The minimum Gasteiger partial charge on any atom is -0.493 e. The van der Waals surface area contributed by atoms with Crippen LogP contribution in [0.25, 0.3) is 0 Å². The van der Waals surface area contributed by atoms with Crippen molar-refractivity contribution in [3.8, 4) is 11.5 Å². The van der Waals surface area contributed by atoms with Crippen LogP contribution >= 0.6 is 0 Å². The Morgan fingerprint density at radius 1 is 0.828 bits per heavy atom. The summed E-state index contributed by atoms with van der Waals surface area (Å²) in [6.07, 6.45) is 2.23. The number of nitrogens with zero attached hydrogens (tertiary/aromatic N) is 1. The molecule has 29 heavy (non-hydrogen) atoms. The van der Waals surface area contributed by atoms with Gasteiger partial charge in [-0.25, -0.2) is 0 Å². The molecule has 1 aliphatic carbocycles. The van der Waals surface area contributed by atoms with Crippen molar-refractivity contribution < 1.29 is 9.47 Å². The Balaban J connectivity index is 1.61. The molecule has 0 fully saturated rings. The van der Waals surface area contributed by atoms with Crippen molar-refractivity contribution in [1.82, 2.24) is 4.90 Å². The Morgan fingerprint density at radius 2 is 1.55 bits per heavy atom. The first-order chi connectivity index (χ1) is 14.3. The summed E-state index contributed by atoms with van der Waals surface area (Å²) in [5.41, 5.74) is 7.07. The average molecular weight is 386 g/mol. The van der Waals surface area contributed by atoms with E-state index in [-0.39, 0.29) is 0 Å². The molecule has 0 amide bonds. The van der Waals surface area contributed by atoms with E-state index in [1.807, 2.05) is 0 Å². The molecule has 0 saturated carbocycles. The van der Waals surface area contributed by atoms with Crippen LogP contribution in [0.5, 0.6) is 11.5 Å². The van der Waals surface area contributed by atoms with E-state index in [1.165, 1.54) is 27.8 Å². The lowest BCUT2D eigenvalue weighted by Crippen LogP contribution is -2.45. The lowest BCUT2D eigenvalue weighted by atomic mass is 9.71. The van der Waals surface area contributed by atoms with Crippen LogP contribution in [0.2, 0.25) is 0 Å². The van der Waals surface area contributed by atoms with E-state index in [0.717, 1.165) is 37.4 Å². The molecule has 2 aliphatic rings. The second-order valence-electron chi connectivity index (χ2n) is 8.08. The van der Waals surface area contributed by atoms with Gasteiger partial charge >= 0.3 is 0 Å². The molecule has 1 heterocycles. The van der Waals surface area contributed by atoms with Gasteiger partial charge in [0.05, 0.1) is 14.2 Å². The topological polar surface area (TPSA) is 21.7 Å². The molecule has 2 atom stereocenters. The van der Waals surface area contributed by atoms with Crippen LogP contribution in [-0.2, 0) is 19.5 Å². The zero-order valence-corrected chi connectivity index (χ0v) is 17.1. The van der Waals surface area contributed by atoms with E-state index >= 15 is 0 Å². The fraction of sp³-hybridized carbons (Fsp3) is 0.308. The second-order valence-corrected chi connectivity index (χ2v) is 8.08. The molecule has 0 saturated heterocycles. The Morgan fingerprint density at radius 3 is 2.34 bits per heavy atom. The molecule has 0 N–H and O–H groups in total. The van der Waals surface area contributed by atoms with Crippen molar-refractivity contribution in [1.29, 1.82) is 0 Å². The van der Waals surface area contributed by atoms with Crippen molar-refractivity contribution in [2.24, 2.45) is 0 Å². The van der Waals surface area contributed by atoms with Gasteiger partial charge in [-0.2, -0.15) is 0 Å². The molecule has 3 aromatic carbocycles. The maximum Gasteiger partial charge on any atom is 0.161 e. The van der Waals surface area contributed by atoms with E-state index in [4.69, 9.17) is 9.47 Å². The fourth-order valence-corrected chi connectivity index (χ4v) is 5.20. The van der Waals surface area contributed by atoms with E-state index in [2.05, 4.69) is 71.6 Å². The summed E-state index contributed by atoms with van der Waals surface area (Å²) >= 11 is 0.